The van der Waals surface area contributed by atoms with Gasteiger partial charge < -0.3 is 5.11 Å². The second-order valence-electron chi connectivity index (χ2n) is 4.13. The average Bonchev–Trinajstić information content (AvgIpc) is 2.03. The van der Waals surface area contributed by atoms with Crippen molar-refractivity contribution >= 4 is 35.5 Å². The number of hydrogen-bond acceptors (Lipinski definition) is 1. The third-order valence-electron chi connectivity index (χ3n) is 2.00. The molecule has 1 N–H and O–H groups in total. The molecule has 0 saturated heterocycles. The van der Waals surface area contributed by atoms with Crippen molar-refractivity contribution in [1.29, 1.82) is 0 Å². The van der Waals surface area contributed by atoms with E-state index in [1.807, 2.05) is 12.1 Å². The summed E-state index contributed by atoms with van der Waals surface area (Å²) in [7, 11) is 0. The molecule has 0 amide bonds. The third-order valence-corrected chi connectivity index (χ3v) is 2.00. The van der Waals surface area contributed by atoms with Gasteiger partial charge in [0.15, 0.2) is 0 Å². The first kappa shape index (κ1) is 13.7. The minimum atomic E-state index is -0.875. The maximum Gasteiger partial charge on any atom is 0.335 e. The van der Waals surface area contributed by atoms with Crippen molar-refractivity contribution in [3.05, 3.63) is 35.4 Å². The Balaban J connectivity index is 0.00000169. The van der Waals surface area contributed by atoms with Crippen LogP contribution in [0.3, 0.4) is 0 Å². The smallest absolute Gasteiger partial charge is 0.335 e. The van der Waals surface area contributed by atoms with Crippen LogP contribution in [0.4, 0.5) is 0 Å². The summed E-state index contributed by atoms with van der Waals surface area (Å²) in [5, 5.41) is 8.68. The number of carboxylic acid groups (broad SMARTS) is 1. The number of rotatable bonds is 1. The minimum Gasteiger partial charge on any atom is -0.478 e. The van der Waals surface area contributed by atoms with Crippen LogP contribution in [0.2, 0.25) is 0 Å². The van der Waals surface area contributed by atoms with E-state index in [0.717, 1.165) is 5.56 Å². The first-order valence-electron chi connectivity index (χ1n) is 4.25. The van der Waals surface area contributed by atoms with E-state index in [-0.39, 0.29) is 35.0 Å². The van der Waals surface area contributed by atoms with Crippen LogP contribution >= 0.6 is 0 Å². The summed E-state index contributed by atoms with van der Waals surface area (Å²) in [5.41, 5.74) is 1.57. The second kappa shape index (κ2) is 4.96. The summed E-state index contributed by atoms with van der Waals surface area (Å²) in [6.07, 6.45) is 0. The Morgan fingerprint density at radius 3 is 1.86 bits per heavy atom. The van der Waals surface area contributed by atoms with Gasteiger partial charge in [-0.2, -0.15) is 0 Å². The van der Waals surface area contributed by atoms with Crippen LogP contribution in [-0.4, -0.2) is 40.6 Å². The SMILES string of the molecule is CC(C)(C)c1ccc(C(=O)O)cc1.[Na]. The van der Waals surface area contributed by atoms with Crippen LogP contribution in [-0.2, 0) is 5.41 Å². The summed E-state index contributed by atoms with van der Waals surface area (Å²) in [5.74, 6) is -0.875. The Labute approximate surface area is 107 Å². The summed E-state index contributed by atoms with van der Waals surface area (Å²) < 4.78 is 0. The topological polar surface area (TPSA) is 37.3 Å². The van der Waals surface area contributed by atoms with Gasteiger partial charge in [0.1, 0.15) is 0 Å². The fraction of sp³-hybridized carbons (Fsp3) is 0.364. The molecule has 14 heavy (non-hydrogen) atoms. The zero-order valence-corrected chi connectivity index (χ0v) is 11.2. The Morgan fingerprint density at radius 2 is 1.57 bits per heavy atom. The fourth-order valence-corrected chi connectivity index (χ4v) is 1.11. The Hall–Kier alpha value is -0.310. The third kappa shape index (κ3) is 3.45. The Bertz CT molecular complexity index is 309. The van der Waals surface area contributed by atoms with E-state index in [0.29, 0.717) is 5.56 Å². The summed E-state index contributed by atoms with van der Waals surface area (Å²) in [6, 6.07) is 7.01. The monoisotopic (exact) mass is 201 g/mol. The van der Waals surface area contributed by atoms with Crippen LogP contribution in [0, 0.1) is 0 Å². The van der Waals surface area contributed by atoms with Crippen molar-refractivity contribution in [1.82, 2.24) is 0 Å². The largest absolute Gasteiger partial charge is 0.478 e. The van der Waals surface area contributed by atoms with E-state index in [9.17, 15) is 4.79 Å². The molecule has 1 rings (SSSR count). The van der Waals surface area contributed by atoms with E-state index in [1.54, 1.807) is 12.1 Å². The molecular weight excluding hydrogens is 187 g/mol. The zero-order chi connectivity index (χ0) is 10.1. The molecule has 0 atom stereocenters. The summed E-state index contributed by atoms with van der Waals surface area (Å²) >= 11 is 0. The summed E-state index contributed by atoms with van der Waals surface area (Å²) in [6.45, 7) is 6.30. The molecule has 0 aromatic heterocycles. The molecule has 0 aliphatic heterocycles. The van der Waals surface area contributed by atoms with Crippen molar-refractivity contribution in [3.8, 4) is 0 Å². The van der Waals surface area contributed by atoms with Gasteiger partial charge in [-0.05, 0) is 23.1 Å². The van der Waals surface area contributed by atoms with E-state index in [2.05, 4.69) is 20.8 Å². The molecule has 2 nitrogen and oxygen atoms in total. The molecule has 0 fully saturated rings. The first-order chi connectivity index (χ1) is 5.91. The van der Waals surface area contributed by atoms with E-state index < -0.39 is 5.97 Å². The van der Waals surface area contributed by atoms with Gasteiger partial charge in [-0.1, -0.05) is 32.9 Å². The van der Waals surface area contributed by atoms with Crippen LogP contribution in [0.15, 0.2) is 24.3 Å². The number of carbonyl (C=O) groups is 1. The Kier molecular flexibility index (Phi) is 4.85. The van der Waals surface area contributed by atoms with Crippen molar-refractivity contribution < 1.29 is 9.90 Å². The van der Waals surface area contributed by atoms with Gasteiger partial charge in [0.25, 0.3) is 0 Å². The molecule has 1 aromatic rings. The molecule has 1 aromatic carbocycles. The van der Waals surface area contributed by atoms with Crippen LogP contribution in [0.5, 0.6) is 0 Å². The van der Waals surface area contributed by atoms with Gasteiger partial charge in [0, 0.05) is 29.6 Å². The average molecular weight is 201 g/mol. The molecule has 1 radical (unpaired) electrons. The standard InChI is InChI=1S/C11H14O2.Na/c1-11(2,3)9-6-4-8(5-7-9)10(12)13;/h4-7H,1-3H3,(H,12,13);. The number of benzene rings is 1. The van der Waals surface area contributed by atoms with Gasteiger partial charge >= 0.3 is 5.97 Å². The minimum absolute atomic E-state index is 0. The number of hydrogen-bond donors (Lipinski definition) is 1. The fourth-order valence-electron chi connectivity index (χ4n) is 1.11. The van der Waals surface area contributed by atoms with Gasteiger partial charge in [0.2, 0.25) is 0 Å². The quantitative estimate of drug-likeness (QED) is 0.708. The molecule has 0 unspecified atom stereocenters. The molecule has 0 bridgehead atoms. The van der Waals surface area contributed by atoms with Crippen LogP contribution in [0.1, 0.15) is 36.7 Å². The van der Waals surface area contributed by atoms with Crippen LogP contribution in [0.25, 0.3) is 0 Å². The van der Waals surface area contributed by atoms with Gasteiger partial charge in [-0.15, -0.1) is 0 Å². The summed E-state index contributed by atoms with van der Waals surface area (Å²) in [4.78, 5) is 10.6. The number of aromatic carboxylic acids is 1. The molecule has 0 heterocycles. The van der Waals surface area contributed by atoms with Crippen molar-refractivity contribution in [3.63, 3.8) is 0 Å². The molecule has 71 valence electrons. The van der Waals surface area contributed by atoms with Crippen molar-refractivity contribution in [2.75, 3.05) is 0 Å². The van der Waals surface area contributed by atoms with Crippen molar-refractivity contribution in [2.24, 2.45) is 0 Å². The van der Waals surface area contributed by atoms with E-state index in [1.165, 1.54) is 0 Å². The van der Waals surface area contributed by atoms with Gasteiger partial charge in [-0.3, -0.25) is 0 Å². The molecule has 0 spiro atoms. The van der Waals surface area contributed by atoms with Crippen LogP contribution < -0.4 is 0 Å². The molecule has 0 aliphatic rings. The molecule has 3 heteroatoms. The maximum atomic E-state index is 10.6. The van der Waals surface area contributed by atoms with Gasteiger partial charge in [0.05, 0.1) is 5.56 Å². The molecule has 0 saturated carbocycles. The van der Waals surface area contributed by atoms with Crippen molar-refractivity contribution in [2.45, 2.75) is 26.2 Å². The second-order valence-corrected chi connectivity index (χ2v) is 4.13. The molecule has 0 aliphatic carbocycles. The maximum absolute atomic E-state index is 10.6. The predicted octanol–water partition coefficient (Wildman–Crippen LogP) is 2.30. The Morgan fingerprint density at radius 1 is 1.14 bits per heavy atom. The van der Waals surface area contributed by atoms with E-state index >= 15 is 0 Å². The predicted molar refractivity (Wildman–Crippen MR) is 57.9 cm³/mol. The molecular formula is C11H14NaO2. The zero-order valence-electron chi connectivity index (χ0n) is 9.16. The first-order valence-corrected chi connectivity index (χ1v) is 4.25. The van der Waals surface area contributed by atoms with E-state index in [4.69, 9.17) is 5.11 Å². The van der Waals surface area contributed by atoms with Gasteiger partial charge in [-0.25, -0.2) is 4.79 Å². The number of carboxylic acids is 1. The normalized spacial score (nSPS) is 10.5.